The number of ether oxygens (including phenoxy) is 3. The van der Waals surface area contributed by atoms with Crippen LogP contribution in [0.5, 0.6) is 0 Å². The molecule has 2 rings (SSSR count). The SMILES string of the molecule is COC(=O)C1=C(C)N=C(C)C(C(=O)OC)[C@H]1C(=O)OCC(=O)N1C[C@H](C)C[C@@H](C)C1. The van der Waals surface area contributed by atoms with Gasteiger partial charge in [0.05, 0.1) is 19.8 Å². The van der Waals surface area contributed by atoms with Gasteiger partial charge in [-0.05, 0) is 32.1 Å². The number of carbonyl (C=O) groups is 4. The summed E-state index contributed by atoms with van der Waals surface area (Å²) in [7, 11) is 2.36. The zero-order valence-corrected chi connectivity index (χ0v) is 18.4. The number of amides is 1. The molecule has 0 aromatic carbocycles. The van der Waals surface area contributed by atoms with Crippen LogP contribution in [0, 0.1) is 23.7 Å². The van der Waals surface area contributed by atoms with Crippen molar-refractivity contribution in [1.82, 2.24) is 4.90 Å². The molecule has 0 saturated carbocycles. The van der Waals surface area contributed by atoms with Gasteiger partial charge in [0, 0.05) is 24.5 Å². The Kier molecular flexibility index (Phi) is 7.75. The molecule has 0 aliphatic carbocycles. The van der Waals surface area contributed by atoms with Gasteiger partial charge in [-0.2, -0.15) is 0 Å². The van der Waals surface area contributed by atoms with E-state index >= 15 is 0 Å². The first-order chi connectivity index (χ1) is 14.1. The van der Waals surface area contributed by atoms with Crippen molar-refractivity contribution in [1.29, 1.82) is 0 Å². The van der Waals surface area contributed by atoms with Gasteiger partial charge in [0.1, 0.15) is 11.8 Å². The molecular weight excluding hydrogens is 392 g/mol. The van der Waals surface area contributed by atoms with Gasteiger partial charge in [-0.1, -0.05) is 13.8 Å². The lowest BCUT2D eigenvalue weighted by atomic mass is 9.80. The van der Waals surface area contributed by atoms with E-state index in [1.165, 1.54) is 14.2 Å². The average molecular weight is 422 g/mol. The molecule has 0 bridgehead atoms. The van der Waals surface area contributed by atoms with Crippen molar-refractivity contribution in [3.8, 4) is 0 Å². The Balaban J connectivity index is 2.22. The maximum absolute atomic E-state index is 13.0. The van der Waals surface area contributed by atoms with E-state index in [0.717, 1.165) is 6.42 Å². The topological polar surface area (TPSA) is 112 Å². The minimum absolute atomic E-state index is 0.0730. The summed E-state index contributed by atoms with van der Waals surface area (Å²) >= 11 is 0. The van der Waals surface area contributed by atoms with Crippen molar-refractivity contribution < 1.29 is 33.4 Å². The van der Waals surface area contributed by atoms with E-state index in [1.807, 2.05) is 0 Å². The van der Waals surface area contributed by atoms with Gasteiger partial charge in [0.2, 0.25) is 0 Å². The number of esters is 3. The van der Waals surface area contributed by atoms with Crippen LogP contribution in [0.15, 0.2) is 16.3 Å². The summed E-state index contributed by atoms with van der Waals surface area (Å²) in [4.78, 5) is 56.1. The van der Waals surface area contributed by atoms with Crippen LogP contribution >= 0.6 is 0 Å². The fourth-order valence-electron chi connectivity index (χ4n) is 4.28. The molecule has 0 radical (unpaired) electrons. The Bertz CT molecular complexity index is 776. The maximum atomic E-state index is 13.0. The minimum atomic E-state index is -1.30. The van der Waals surface area contributed by atoms with Gasteiger partial charge in [-0.15, -0.1) is 0 Å². The lowest BCUT2D eigenvalue weighted by Crippen LogP contribution is -2.46. The molecule has 4 atom stereocenters. The molecule has 1 amide bonds. The van der Waals surface area contributed by atoms with Gasteiger partial charge in [0.15, 0.2) is 6.61 Å². The molecule has 166 valence electrons. The average Bonchev–Trinajstić information content (AvgIpc) is 2.69. The van der Waals surface area contributed by atoms with E-state index in [9.17, 15) is 19.2 Å². The summed E-state index contributed by atoms with van der Waals surface area (Å²) in [5, 5.41) is 0. The molecule has 0 aromatic rings. The number of likely N-dealkylation sites (tertiary alicyclic amines) is 1. The van der Waals surface area contributed by atoms with E-state index in [2.05, 4.69) is 18.8 Å². The highest BCUT2D eigenvalue weighted by Crippen LogP contribution is 2.33. The maximum Gasteiger partial charge on any atom is 0.336 e. The molecule has 1 saturated heterocycles. The summed E-state index contributed by atoms with van der Waals surface area (Å²) in [6.45, 7) is 8.01. The van der Waals surface area contributed by atoms with E-state index < -0.39 is 36.4 Å². The number of aliphatic imine (C=N–C) groups is 1. The van der Waals surface area contributed by atoms with Gasteiger partial charge in [0.25, 0.3) is 5.91 Å². The molecule has 9 nitrogen and oxygen atoms in total. The smallest absolute Gasteiger partial charge is 0.336 e. The van der Waals surface area contributed by atoms with Crippen molar-refractivity contribution in [2.45, 2.75) is 34.1 Å². The molecule has 30 heavy (non-hydrogen) atoms. The third kappa shape index (κ3) is 5.06. The standard InChI is InChI=1S/C21H30N2O7/c1-11-7-12(2)9-23(8-11)15(24)10-30-21(27)18-16(19(25)28-5)13(3)22-14(4)17(18)20(26)29-6/h11-12,16,18H,7-10H2,1-6H3/t11-,12-,16?,18-/m1/s1. The second kappa shape index (κ2) is 9.86. The summed E-state index contributed by atoms with van der Waals surface area (Å²) < 4.78 is 14.9. The second-order valence-electron chi connectivity index (χ2n) is 8.07. The Morgan fingerprint density at radius 2 is 1.57 bits per heavy atom. The number of hydrogen-bond donors (Lipinski definition) is 0. The van der Waals surface area contributed by atoms with Crippen LogP contribution in [0.4, 0.5) is 0 Å². The number of allylic oxidation sites excluding steroid dienone is 1. The van der Waals surface area contributed by atoms with Crippen molar-refractivity contribution >= 4 is 29.5 Å². The van der Waals surface area contributed by atoms with E-state index in [4.69, 9.17) is 14.2 Å². The highest BCUT2D eigenvalue weighted by atomic mass is 16.5. The van der Waals surface area contributed by atoms with Crippen LogP contribution in [-0.4, -0.2) is 68.3 Å². The van der Waals surface area contributed by atoms with Crippen molar-refractivity contribution in [2.24, 2.45) is 28.7 Å². The van der Waals surface area contributed by atoms with Crippen molar-refractivity contribution in [3.63, 3.8) is 0 Å². The Morgan fingerprint density at radius 3 is 2.10 bits per heavy atom. The Labute approximate surface area is 176 Å². The van der Waals surface area contributed by atoms with Crippen LogP contribution in [0.1, 0.15) is 34.1 Å². The molecule has 1 fully saturated rings. The third-order valence-corrected chi connectivity index (χ3v) is 5.50. The number of rotatable bonds is 5. The van der Waals surface area contributed by atoms with E-state index in [0.29, 0.717) is 30.6 Å². The largest absolute Gasteiger partial charge is 0.468 e. The number of piperidine rings is 1. The number of nitrogens with zero attached hydrogens (tertiary/aromatic N) is 2. The first-order valence-corrected chi connectivity index (χ1v) is 9.97. The molecule has 2 aliphatic rings. The Morgan fingerprint density at radius 1 is 0.967 bits per heavy atom. The van der Waals surface area contributed by atoms with Crippen LogP contribution in [0.2, 0.25) is 0 Å². The fraction of sp³-hybridized carbons (Fsp3) is 0.667. The molecule has 0 spiro atoms. The van der Waals surface area contributed by atoms with Crippen LogP contribution in [0.25, 0.3) is 0 Å². The molecule has 0 N–H and O–H groups in total. The van der Waals surface area contributed by atoms with Crippen molar-refractivity contribution in [3.05, 3.63) is 11.3 Å². The summed E-state index contributed by atoms with van der Waals surface area (Å²) in [5.74, 6) is -4.39. The number of carbonyl (C=O) groups excluding carboxylic acids is 4. The highest BCUT2D eigenvalue weighted by Gasteiger charge is 2.46. The van der Waals surface area contributed by atoms with Gasteiger partial charge in [-0.3, -0.25) is 19.4 Å². The predicted molar refractivity (Wildman–Crippen MR) is 107 cm³/mol. The second-order valence-corrected chi connectivity index (χ2v) is 8.07. The van der Waals surface area contributed by atoms with Gasteiger partial charge < -0.3 is 19.1 Å². The molecule has 1 unspecified atom stereocenters. The van der Waals surface area contributed by atoms with Crippen molar-refractivity contribution in [2.75, 3.05) is 33.9 Å². The molecule has 2 aliphatic heterocycles. The quantitative estimate of drug-likeness (QED) is 0.486. The fourth-order valence-corrected chi connectivity index (χ4v) is 4.28. The monoisotopic (exact) mass is 422 g/mol. The van der Waals surface area contributed by atoms with Gasteiger partial charge in [-0.25, -0.2) is 4.79 Å². The summed E-state index contributed by atoms with van der Waals surface area (Å²) in [5.41, 5.74) is 0.501. The summed E-state index contributed by atoms with van der Waals surface area (Å²) in [6.07, 6.45) is 1.04. The summed E-state index contributed by atoms with van der Waals surface area (Å²) in [6, 6.07) is 0. The molecule has 0 aromatic heterocycles. The van der Waals surface area contributed by atoms with Crippen LogP contribution in [0.3, 0.4) is 0 Å². The van der Waals surface area contributed by atoms with E-state index in [-0.39, 0.29) is 17.2 Å². The highest BCUT2D eigenvalue weighted by molar-refractivity contribution is 6.10. The molecular formula is C21H30N2O7. The Hall–Kier alpha value is -2.71. The zero-order valence-electron chi connectivity index (χ0n) is 18.4. The molecule has 2 heterocycles. The van der Waals surface area contributed by atoms with Crippen LogP contribution in [-0.2, 0) is 33.4 Å². The zero-order chi connectivity index (χ0) is 22.6. The number of methoxy groups -OCH3 is 2. The first-order valence-electron chi connectivity index (χ1n) is 9.97. The predicted octanol–water partition coefficient (Wildman–Crippen LogP) is 1.36. The molecule has 9 heteroatoms. The number of hydrogen-bond acceptors (Lipinski definition) is 8. The lowest BCUT2D eigenvalue weighted by Gasteiger charge is -2.35. The van der Waals surface area contributed by atoms with Gasteiger partial charge >= 0.3 is 17.9 Å². The normalized spacial score (nSPS) is 26.6. The van der Waals surface area contributed by atoms with Crippen LogP contribution < -0.4 is 0 Å². The third-order valence-electron chi connectivity index (χ3n) is 5.50. The lowest BCUT2D eigenvalue weighted by molar-refractivity contribution is -0.160. The first kappa shape index (κ1) is 23.6. The minimum Gasteiger partial charge on any atom is -0.468 e. The van der Waals surface area contributed by atoms with E-state index in [1.54, 1.807) is 18.7 Å².